The number of carbonyl (C=O) groups is 1. The molecule has 0 aromatic heterocycles. The smallest absolute Gasteiger partial charge is 0.223 e. The topological polar surface area (TPSA) is 46.3 Å². The first-order valence-electron chi connectivity index (χ1n) is 6.95. The molecule has 2 aliphatic heterocycles. The summed E-state index contributed by atoms with van der Waals surface area (Å²) in [5.74, 6) is 3.35. The molecule has 102 valence electrons. The highest BCUT2D eigenvalue weighted by Crippen LogP contribution is 2.29. The molecule has 0 bridgehead atoms. The SMILES string of the molecule is Nc1ccc2c(c1)CN(C(=O)CC1CCSCC1)C2. The fourth-order valence-electron chi connectivity index (χ4n) is 2.92. The number of hydrogen-bond donors (Lipinski definition) is 1. The van der Waals surface area contributed by atoms with Gasteiger partial charge < -0.3 is 10.6 Å². The minimum absolute atomic E-state index is 0.312. The lowest BCUT2D eigenvalue weighted by Crippen LogP contribution is -2.28. The van der Waals surface area contributed by atoms with Crippen molar-refractivity contribution >= 4 is 23.4 Å². The Kier molecular flexibility index (Phi) is 3.69. The number of thioether (sulfide) groups is 1. The normalized spacial score (nSPS) is 19.5. The summed E-state index contributed by atoms with van der Waals surface area (Å²) in [7, 11) is 0. The summed E-state index contributed by atoms with van der Waals surface area (Å²) < 4.78 is 0. The Morgan fingerprint density at radius 3 is 2.79 bits per heavy atom. The van der Waals surface area contributed by atoms with Crippen LogP contribution in [0, 0.1) is 5.92 Å². The van der Waals surface area contributed by atoms with Crippen molar-refractivity contribution in [1.82, 2.24) is 4.90 Å². The molecule has 1 aromatic carbocycles. The third-order valence-corrected chi connectivity index (χ3v) is 5.16. The molecule has 0 radical (unpaired) electrons. The van der Waals surface area contributed by atoms with Crippen LogP contribution in [0.2, 0.25) is 0 Å². The number of nitrogens with zero attached hydrogens (tertiary/aromatic N) is 1. The first-order chi connectivity index (χ1) is 9.22. The zero-order chi connectivity index (χ0) is 13.2. The molecule has 0 atom stereocenters. The maximum absolute atomic E-state index is 12.4. The monoisotopic (exact) mass is 276 g/mol. The van der Waals surface area contributed by atoms with E-state index in [4.69, 9.17) is 5.73 Å². The van der Waals surface area contributed by atoms with E-state index in [-0.39, 0.29) is 0 Å². The zero-order valence-corrected chi connectivity index (χ0v) is 11.9. The number of hydrogen-bond acceptors (Lipinski definition) is 3. The Bertz CT molecular complexity index is 483. The number of nitrogen functional groups attached to an aromatic ring is 1. The van der Waals surface area contributed by atoms with E-state index in [0.717, 1.165) is 25.2 Å². The van der Waals surface area contributed by atoms with Crippen LogP contribution in [-0.2, 0) is 17.9 Å². The van der Waals surface area contributed by atoms with Gasteiger partial charge in [0.05, 0.1) is 0 Å². The van der Waals surface area contributed by atoms with Crippen LogP contribution in [0.4, 0.5) is 5.69 Å². The van der Waals surface area contributed by atoms with Gasteiger partial charge in [0.1, 0.15) is 0 Å². The quantitative estimate of drug-likeness (QED) is 0.845. The van der Waals surface area contributed by atoms with Crippen molar-refractivity contribution < 1.29 is 4.79 Å². The van der Waals surface area contributed by atoms with Crippen LogP contribution in [-0.4, -0.2) is 22.3 Å². The molecule has 4 heteroatoms. The summed E-state index contributed by atoms with van der Waals surface area (Å²) in [5.41, 5.74) is 9.05. The fraction of sp³-hybridized carbons (Fsp3) is 0.533. The highest BCUT2D eigenvalue weighted by atomic mass is 32.2. The number of amides is 1. The molecule has 1 saturated heterocycles. The van der Waals surface area contributed by atoms with E-state index in [1.807, 2.05) is 28.8 Å². The second-order valence-corrected chi connectivity index (χ2v) is 6.76. The molecular formula is C15H20N2OS. The number of nitrogens with two attached hydrogens (primary N) is 1. The molecule has 3 rings (SSSR count). The molecule has 3 nitrogen and oxygen atoms in total. The Balaban J connectivity index is 1.60. The first kappa shape index (κ1) is 12.9. The highest BCUT2D eigenvalue weighted by Gasteiger charge is 2.26. The van der Waals surface area contributed by atoms with E-state index in [9.17, 15) is 4.79 Å². The number of rotatable bonds is 2. The van der Waals surface area contributed by atoms with E-state index in [0.29, 0.717) is 11.8 Å². The number of fused-ring (bicyclic) bond motifs is 1. The second kappa shape index (κ2) is 5.45. The molecular weight excluding hydrogens is 256 g/mol. The van der Waals surface area contributed by atoms with Crippen molar-refractivity contribution in [2.75, 3.05) is 17.2 Å². The van der Waals surface area contributed by atoms with Gasteiger partial charge in [-0.1, -0.05) is 6.07 Å². The summed E-state index contributed by atoms with van der Waals surface area (Å²) in [4.78, 5) is 14.3. The molecule has 0 aliphatic carbocycles. The molecule has 1 fully saturated rings. The molecule has 2 N–H and O–H groups in total. The molecule has 2 heterocycles. The van der Waals surface area contributed by atoms with E-state index in [2.05, 4.69) is 6.07 Å². The van der Waals surface area contributed by atoms with E-state index in [1.165, 1.54) is 35.5 Å². The Labute approximate surface area is 118 Å². The van der Waals surface area contributed by atoms with Crippen molar-refractivity contribution in [2.24, 2.45) is 5.92 Å². The van der Waals surface area contributed by atoms with Crippen molar-refractivity contribution in [3.8, 4) is 0 Å². The lowest BCUT2D eigenvalue weighted by molar-refractivity contribution is -0.132. The molecule has 0 saturated carbocycles. The van der Waals surface area contributed by atoms with Crippen LogP contribution in [0.1, 0.15) is 30.4 Å². The summed E-state index contributed by atoms with van der Waals surface area (Å²) in [6.07, 6.45) is 3.12. The number of benzene rings is 1. The fourth-order valence-corrected chi connectivity index (χ4v) is 4.12. The van der Waals surface area contributed by atoms with E-state index < -0.39 is 0 Å². The molecule has 1 amide bonds. The van der Waals surface area contributed by atoms with Gasteiger partial charge in [-0.25, -0.2) is 0 Å². The maximum Gasteiger partial charge on any atom is 0.223 e. The van der Waals surface area contributed by atoms with Gasteiger partial charge in [0.2, 0.25) is 5.91 Å². The predicted octanol–water partition coefficient (Wildman–Crippen LogP) is 2.64. The average molecular weight is 276 g/mol. The van der Waals surface area contributed by atoms with Crippen LogP contribution in [0.15, 0.2) is 18.2 Å². The summed E-state index contributed by atoms with van der Waals surface area (Å²) in [5, 5.41) is 0. The standard InChI is InChI=1S/C15H20N2OS/c16-14-2-1-12-9-17(10-13(12)8-14)15(18)7-11-3-5-19-6-4-11/h1-2,8,11H,3-7,9-10,16H2. The maximum atomic E-state index is 12.4. The largest absolute Gasteiger partial charge is 0.399 e. The minimum Gasteiger partial charge on any atom is -0.399 e. The van der Waals surface area contributed by atoms with E-state index >= 15 is 0 Å². The molecule has 0 spiro atoms. The zero-order valence-electron chi connectivity index (χ0n) is 11.1. The third kappa shape index (κ3) is 2.89. The van der Waals surface area contributed by atoms with Gasteiger partial charge in [0.15, 0.2) is 0 Å². The van der Waals surface area contributed by atoms with Gasteiger partial charge in [0, 0.05) is 25.2 Å². The van der Waals surface area contributed by atoms with Crippen molar-refractivity contribution in [1.29, 1.82) is 0 Å². The van der Waals surface area contributed by atoms with Gasteiger partial charge in [-0.2, -0.15) is 11.8 Å². The number of anilines is 1. The van der Waals surface area contributed by atoms with Gasteiger partial charge in [-0.3, -0.25) is 4.79 Å². The molecule has 0 unspecified atom stereocenters. The second-order valence-electron chi connectivity index (χ2n) is 5.54. The van der Waals surface area contributed by atoms with Crippen LogP contribution in [0.3, 0.4) is 0 Å². The van der Waals surface area contributed by atoms with Gasteiger partial charge >= 0.3 is 0 Å². The lowest BCUT2D eigenvalue weighted by atomic mass is 9.98. The lowest BCUT2D eigenvalue weighted by Gasteiger charge is -2.23. The van der Waals surface area contributed by atoms with Crippen molar-refractivity contribution in [3.63, 3.8) is 0 Å². The van der Waals surface area contributed by atoms with Gasteiger partial charge in [0.25, 0.3) is 0 Å². The summed E-state index contributed by atoms with van der Waals surface area (Å²) in [6.45, 7) is 1.50. The molecule has 2 aliphatic rings. The molecule has 19 heavy (non-hydrogen) atoms. The minimum atomic E-state index is 0.312. The van der Waals surface area contributed by atoms with Crippen LogP contribution in [0.5, 0.6) is 0 Å². The average Bonchev–Trinajstić information content (AvgIpc) is 2.83. The summed E-state index contributed by atoms with van der Waals surface area (Å²) >= 11 is 2.01. The van der Waals surface area contributed by atoms with E-state index in [1.54, 1.807) is 0 Å². The van der Waals surface area contributed by atoms with Gasteiger partial charge in [-0.15, -0.1) is 0 Å². The van der Waals surface area contributed by atoms with Gasteiger partial charge in [-0.05, 0) is 53.5 Å². The van der Waals surface area contributed by atoms with Crippen LogP contribution in [0.25, 0.3) is 0 Å². The first-order valence-corrected chi connectivity index (χ1v) is 8.10. The third-order valence-electron chi connectivity index (χ3n) is 4.11. The van der Waals surface area contributed by atoms with Crippen LogP contribution < -0.4 is 5.73 Å². The Hall–Kier alpha value is -1.16. The van der Waals surface area contributed by atoms with Crippen molar-refractivity contribution in [3.05, 3.63) is 29.3 Å². The Morgan fingerprint density at radius 1 is 1.26 bits per heavy atom. The van der Waals surface area contributed by atoms with Crippen molar-refractivity contribution in [2.45, 2.75) is 32.4 Å². The predicted molar refractivity (Wildman–Crippen MR) is 79.8 cm³/mol. The highest BCUT2D eigenvalue weighted by molar-refractivity contribution is 7.99. The summed E-state index contributed by atoms with van der Waals surface area (Å²) in [6, 6.07) is 5.97. The molecule has 1 aromatic rings. The van der Waals surface area contributed by atoms with Crippen LogP contribution >= 0.6 is 11.8 Å². The number of carbonyl (C=O) groups excluding carboxylic acids is 1. The Morgan fingerprint density at radius 2 is 2.00 bits per heavy atom.